The Bertz CT molecular complexity index is 617. The van der Waals surface area contributed by atoms with E-state index in [1.165, 1.54) is 4.88 Å². The van der Waals surface area contributed by atoms with Crippen molar-refractivity contribution in [3.63, 3.8) is 0 Å². The normalized spacial score (nSPS) is 17.4. The van der Waals surface area contributed by atoms with Crippen molar-refractivity contribution in [1.82, 2.24) is 0 Å². The molecule has 1 unspecified atom stereocenters. The maximum atomic E-state index is 12.2. The molecule has 0 aliphatic heterocycles. The Labute approximate surface area is 115 Å². The third kappa shape index (κ3) is 1.92. The van der Waals surface area contributed by atoms with E-state index in [1.54, 1.807) is 25.6 Å². The van der Waals surface area contributed by atoms with Gasteiger partial charge < -0.3 is 9.47 Å². The van der Waals surface area contributed by atoms with Crippen LogP contribution in [0.5, 0.6) is 11.5 Å². The molecule has 0 fully saturated rings. The Morgan fingerprint density at radius 2 is 2.11 bits per heavy atom. The minimum atomic E-state index is 0.114. The SMILES string of the molecule is COc1cc(OC)c2c(c1)C(=O)CC2c1cccs1. The van der Waals surface area contributed by atoms with Crippen LogP contribution in [0.4, 0.5) is 0 Å². The Kier molecular flexibility index (Phi) is 3.03. The molecular formula is C15H14O3S. The molecule has 19 heavy (non-hydrogen) atoms. The van der Waals surface area contributed by atoms with Crippen molar-refractivity contribution in [2.45, 2.75) is 12.3 Å². The van der Waals surface area contributed by atoms with Crippen LogP contribution in [-0.2, 0) is 0 Å². The smallest absolute Gasteiger partial charge is 0.164 e. The third-order valence-electron chi connectivity index (χ3n) is 3.50. The third-order valence-corrected chi connectivity index (χ3v) is 4.48. The van der Waals surface area contributed by atoms with E-state index in [0.29, 0.717) is 12.2 Å². The molecular weight excluding hydrogens is 260 g/mol. The molecule has 1 aromatic heterocycles. The first-order valence-electron chi connectivity index (χ1n) is 6.07. The summed E-state index contributed by atoms with van der Waals surface area (Å²) in [5.41, 5.74) is 1.73. The fraction of sp³-hybridized carbons (Fsp3) is 0.267. The van der Waals surface area contributed by atoms with E-state index in [0.717, 1.165) is 16.9 Å². The number of methoxy groups -OCH3 is 2. The number of fused-ring (bicyclic) bond motifs is 1. The molecule has 0 radical (unpaired) electrons. The van der Waals surface area contributed by atoms with E-state index in [-0.39, 0.29) is 11.7 Å². The highest BCUT2D eigenvalue weighted by Gasteiger charge is 2.34. The summed E-state index contributed by atoms with van der Waals surface area (Å²) in [5, 5.41) is 2.04. The lowest BCUT2D eigenvalue weighted by atomic mass is 9.98. The molecule has 0 N–H and O–H groups in total. The average Bonchev–Trinajstić information content (AvgIpc) is 3.06. The van der Waals surface area contributed by atoms with Crippen molar-refractivity contribution in [3.05, 3.63) is 45.6 Å². The molecule has 0 bridgehead atoms. The second-order valence-corrected chi connectivity index (χ2v) is 5.47. The molecule has 98 valence electrons. The zero-order valence-corrected chi connectivity index (χ0v) is 11.6. The van der Waals surface area contributed by atoms with Gasteiger partial charge in [0.2, 0.25) is 0 Å². The Morgan fingerprint density at radius 1 is 1.26 bits per heavy atom. The van der Waals surface area contributed by atoms with Crippen LogP contribution in [0, 0.1) is 0 Å². The first-order valence-corrected chi connectivity index (χ1v) is 6.95. The van der Waals surface area contributed by atoms with E-state index in [4.69, 9.17) is 9.47 Å². The van der Waals surface area contributed by atoms with Gasteiger partial charge in [-0.2, -0.15) is 0 Å². The molecule has 0 spiro atoms. The monoisotopic (exact) mass is 274 g/mol. The number of carbonyl (C=O) groups is 1. The summed E-state index contributed by atoms with van der Waals surface area (Å²) in [4.78, 5) is 13.4. The van der Waals surface area contributed by atoms with Gasteiger partial charge in [-0.3, -0.25) is 4.79 Å². The lowest BCUT2D eigenvalue weighted by molar-refractivity contribution is 0.0991. The Balaban J connectivity index is 2.18. The highest BCUT2D eigenvalue weighted by molar-refractivity contribution is 7.10. The molecule has 2 aromatic rings. The number of thiophene rings is 1. The highest BCUT2D eigenvalue weighted by Crippen LogP contribution is 2.46. The summed E-state index contributed by atoms with van der Waals surface area (Å²) >= 11 is 1.68. The first-order chi connectivity index (χ1) is 9.24. The second kappa shape index (κ2) is 4.70. The fourth-order valence-corrected chi connectivity index (χ4v) is 3.44. The van der Waals surface area contributed by atoms with Gasteiger partial charge in [-0.15, -0.1) is 11.3 Å². The number of ketones is 1. The van der Waals surface area contributed by atoms with Gasteiger partial charge in [-0.05, 0) is 17.5 Å². The summed E-state index contributed by atoms with van der Waals surface area (Å²) in [5.74, 6) is 1.67. The zero-order valence-electron chi connectivity index (χ0n) is 10.8. The van der Waals surface area contributed by atoms with Crippen molar-refractivity contribution in [2.24, 2.45) is 0 Å². The van der Waals surface area contributed by atoms with Crippen LogP contribution in [0.2, 0.25) is 0 Å². The number of carbonyl (C=O) groups excluding carboxylic acids is 1. The summed E-state index contributed by atoms with van der Waals surface area (Å²) in [7, 11) is 3.22. The maximum Gasteiger partial charge on any atom is 0.164 e. The summed E-state index contributed by atoms with van der Waals surface area (Å²) in [6.45, 7) is 0. The number of hydrogen-bond acceptors (Lipinski definition) is 4. The lowest BCUT2D eigenvalue weighted by Crippen LogP contribution is -1.98. The minimum Gasteiger partial charge on any atom is -0.497 e. The van der Waals surface area contributed by atoms with Crippen LogP contribution in [0.1, 0.15) is 33.1 Å². The van der Waals surface area contributed by atoms with Gasteiger partial charge in [0, 0.05) is 34.4 Å². The van der Waals surface area contributed by atoms with Crippen molar-refractivity contribution >= 4 is 17.1 Å². The Hall–Kier alpha value is -1.81. The molecule has 1 atom stereocenters. The average molecular weight is 274 g/mol. The molecule has 1 aliphatic carbocycles. The molecule has 1 heterocycles. The number of Topliss-reactive ketones (excluding diaryl/α,β-unsaturated/α-hetero) is 1. The van der Waals surface area contributed by atoms with Crippen molar-refractivity contribution < 1.29 is 14.3 Å². The summed E-state index contributed by atoms with van der Waals surface area (Å²) in [6, 6.07) is 7.74. The fourth-order valence-electron chi connectivity index (χ4n) is 2.61. The van der Waals surface area contributed by atoms with Crippen molar-refractivity contribution in [1.29, 1.82) is 0 Å². The van der Waals surface area contributed by atoms with Gasteiger partial charge in [0.05, 0.1) is 14.2 Å². The number of benzene rings is 1. The van der Waals surface area contributed by atoms with Crippen LogP contribution in [0.15, 0.2) is 29.6 Å². The van der Waals surface area contributed by atoms with E-state index < -0.39 is 0 Å². The van der Waals surface area contributed by atoms with Gasteiger partial charge in [0.1, 0.15) is 11.5 Å². The Morgan fingerprint density at radius 3 is 2.74 bits per heavy atom. The van der Waals surface area contributed by atoms with E-state index in [2.05, 4.69) is 6.07 Å². The van der Waals surface area contributed by atoms with Gasteiger partial charge in [-0.25, -0.2) is 0 Å². The molecule has 4 heteroatoms. The zero-order chi connectivity index (χ0) is 13.4. The van der Waals surface area contributed by atoms with Gasteiger partial charge in [0.25, 0.3) is 0 Å². The van der Waals surface area contributed by atoms with Crippen LogP contribution < -0.4 is 9.47 Å². The molecule has 0 amide bonds. The predicted octanol–water partition coefficient (Wildman–Crippen LogP) is 3.48. The quantitative estimate of drug-likeness (QED) is 0.859. The second-order valence-electron chi connectivity index (χ2n) is 4.49. The van der Waals surface area contributed by atoms with Crippen LogP contribution in [0.25, 0.3) is 0 Å². The summed E-state index contributed by atoms with van der Waals surface area (Å²) in [6.07, 6.45) is 0.513. The van der Waals surface area contributed by atoms with Gasteiger partial charge in [-0.1, -0.05) is 6.07 Å². The minimum absolute atomic E-state index is 0.114. The standard InChI is InChI=1S/C15H14O3S/c1-17-9-6-10-12(16)8-11(14-4-3-5-19-14)15(10)13(7-9)18-2/h3-7,11H,8H2,1-2H3. The largest absolute Gasteiger partial charge is 0.497 e. The summed E-state index contributed by atoms with van der Waals surface area (Å²) < 4.78 is 10.7. The first kappa shape index (κ1) is 12.2. The van der Waals surface area contributed by atoms with E-state index in [1.807, 2.05) is 23.6 Å². The van der Waals surface area contributed by atoms with Crippen LogP contribution in [-0.4, -0.2) is 20.0 Å². The van der Waals surface area contributed by atoms with Crippen molar-refractivity contribution in [2.75, 3.05) is 14.2 Å². The number of hydrogen-bond donors (Lipinski definition) is 0. The molecule has 1 aromatic carbocycles. The number of ether oxygens (including phenoxy) is 2. The van der Waals surface area contributed by atoms with Crippen LogP contribution >= 0.6 is 11.3 Å². The molecule has 0 saturated heterocycles. The lowest BCUT2D eigenvalue weighted by Gasteiger charge is -2.14. The predicted molar refractivity (Wildman–Crippen MR) is 74.7 cm³/mol. The molecule has 0 saturated carbocycles. The maximum absolute atomic E-state index is 12.2. The highest BCUT2D eigenvalue weighted by atomic mass is 32.1. The molecule has 1 aliphatic rings. The molecule has 3 rings (SSSR count). The van der Waals surface area contributed by atoms with E-state index >= 15 is 0 Å². The van der Waals surface area contributed by atoms with E-state index in [9.17, 15) is 4.79 Å². The number of rotatable bonds is 3. The topological polar surface area (TPSA) is 35.5 Å². The molecule has 3 nitrogen and oxygen atoms in total. The van der Waals surface area contributed by atoms with Gasteiger partial charge in [0.15, 0.2) is 5.78 Å². The van der Waals surface area contributed by atoms with Gasteiger partial charge >= 0.3 is 0 Å². The van der Waals surface area contributed by atoms with Crippen molar-refractivity contribution in [3.8, 4) is 11.5 Å². The van der Waals surface area contributed by atoms with Crippen LogP contribution in [0.3, 0.4) is 0 Å².